The first-order valence-corrected chi connectivity index (χ1v) is 4.00. The molecule has 60 valence electrons. The molecule has 0 fully saturated rings. The van der Waals surface area contributed by atoms with Gasteiger partial charge in [0.15, 0.2) is 0 Å². The van der Waals surface area contributed by atoms with Crippen molar-refractivity contribution in [3.05, 3.63) is 36.5 Å². The topological polar surface area (TPSA) is 26.0 Å². The van der Waals surface area contributed by atoms with Crippen molar-refractivity contribution in [1.82, 2.24) is 0 Å². The smallest absolute Gasteiger partial charge is 0.00825 e. The average molecular weight is 149 g/mol. The van der Waals surface area contributed by atoms with Gasteiger partial charge in [0.25, 0.3) is 0 Å². The van der Waals surface area contributed by atoms with Gasteiger partial charge >= 0.3 is 0 Å². The van der Waals surface area contributed by atoms with E-state index < -0.39 is 0 Å². The summed E-state index contributed by atoms with van der Waals surface area (Å²) in [6.07, 6.45) is 6.93. The standard InChI is InChI=1S/C10H15N/c1-3-8-5-6-10(11)7-9(8)4-2/h3-4,10H,1-2,5-7,11H2. The first-order chi connectivity index (χ1) is 5.27. The molecule has 1 rings (SSSR count). The van der Waals surface area contributed by atoms with Gasteiger partial charge < -0.3 is 5.73 Å². The predicted molar refractivity (Wildman–Crippen MR) is 49.2 cm³/mol. The van der Waals surface area contributed by atoms with Crippen LogP contribution in [0.25, 0.3) is 0 Å². The van der Waals surface area contributed by atoms with Crippen molar-refractivity contribution >= 4 is 0 Å². The maximum atomic E-state index is 5.80. The summed E-state index contributed by atoms with van der Waals surface area (Å²) in [4.78, 5) is 0. The van der Waals surface area contributed by atoms with Crippen molar-refractivity contribution in [2.24, 2.45) is 5.73 Å². The highest BCUT2D eigenvalue weighted by molar-refractivity contribution is 5.33. The van der Waals surface area contributed by atoms with Crippen LogP contribution in [0.1, 0.15) is 19.3 Å². The molecule has 1 unspecified atom stereocenters. The minimum atomic E-state index is 0.326. The van der Waals surface area contributed by atoms with Crippen LogP contribution in [0.4, 0.5) is 0 Å². The molecule has 1 nitrogen and oxygen atoms in total. The highest BCUT2D eigenvalue weighted by Gasteiger charge is 2.13. The highest BCUT2D eigenvalue weighted by Crippen LogP contribution is 2.24. The number of allylic oxidation sites excluding steroid dienone is 3. The lowest BCUT2D eigenvalue weighted by Crippen LogP contribution is -2.23. The van der Waals surface area contributed by atoms with Crippen molar-refractivity contribution in [3.8, 4) is 0 Å². The molecule has 0 aliphatic heterocycles. The number of hydrogen-bond acceptors (Lipinski definition) is 1. The maximum absolute atomic E-state index is 5.80. The van der Waals surface area contributed by atoms with Gasteiger partial charge in [-0.1, -0.05) is 25.3 Å². The molecule has 1 aliphatic carbocycles. The van der Waals surface area contributed by atoms with Gasteiger partial charge in [0.2, 0.25) is 0 Å². The van der Waals surface area contributed by atoms with E-state index in [1.807, 2.05) is 12.2 Å². The molecule has 1 heteroatoms. The summed E-state index contributed by atoms with van der Waals surface area (Å²) >= 11 is 0. The van der Waals surface area contributed by atoms with Crippen LogP contribution in [0.2, 0.25) is 0 Å². The van der Waals surface area contributed by atoms with Gasteiger partial charge in [-0.3, -0.25) is 0 Å². The molecule has 0 aromatic rings. The van der Waals surface area contributed by atoms with Crippen molar-refractivity contribution in [1.29, 1.82) is 0 Å². The van der Waals surface area contributed by atoms with E-state index in [1.54, 1.807) is 0 Å². The van der Waals surface area contributed by atoms with Gasteiger partial charge in [0, 0.05) is 6.04 Å². The van der Waals surface area contributed by atoms with Crippen LogP contribution in [0, 0.1) is 0 Å². The van der Waals surface area contributed by atoms with Crippen LogP contribution >= 0.6 is 0 Å². The van der Waals surface area contributed by atoms with Gasteiger partial charge in [-0.25, -0.2) is 0 Å². The van der Waals surface area contributed by atoms with Crippen LogP contribution in [-0.4, -0.2) is 6.04 Å². The van der Waals surface area contributed by atoms with E-state index >= 15 is 0 Å². The Morgan fingerprint density at radius 3 is 2.45 bits per heavy atom. The minimum Gasteiger partial charge on any atom is -0.327 e. The Hall–Kier alpha value is -0.820. The van der Waals surface area contributed by atoms with E-state index in [0.29, 0.717) is 6.04 Å². The molecule has 1 aliphatic rings. The summed E-state index contributed by atoms with van der Waals surface area (Å²) in [7, 11) is 0. The normalized spacial score (nSPS) is 25.0. The Morgan fingerprint density at radius 2 is 1.91 bits per heavy atom. The van der Waals surface area contributed by atoms with Crippen molar-refractivity contribution in [2.75, 3.05) is 0 Å². The summed E-state index contributed by atoms with van der Waals surface area (Å²) in [5.74, 6) is 0. The fraction of sp³-hybridized carbons (Fsp3) is 0.400. The fourth-order valence-corrected chi connectivity index (χ4v) is 1.46. The molecular formula is C10H15N. The third kappa shape index (κ3) is 1.81. The molecule has 0 aromatic heterocycles. The molecule has 0 aromatic carbocycles. The number of hydrogen-bond donors (Lipinski definition) is 1. The van der Waals surface area contributed by atoms with Gasteiger partial charge in [-0.05, 0) is 30.4 Å². The van der Waals surface area contributed by atoms with Crippen molar-refractivity contribution in [2.45, 2.75) is 25.3 Å². The predicted octanol–water partition coefficient (Wildman–Crippen LogP) is 2.17. The summed E-state index contributed by atoms with van der Waals surface area (Å²) < 4.78 is 0. The molecule has 0 bridgehead atoms. The lowest BCUT2D eigenvalue weighted by atomic mass is 9.89. The van der Waals surface area contributed by atoms with Crippen LogP contribution < -0.4 is 5.73 Å². The van der Waals surface area contributed by atoms with Crippen LogP contribution in [0.3, 0.4) is 0 Å². The average Bonchev–Trinajstić information content (AvgIpc) is 2.04. The maximum Gasteiger partial charge on any atom is 0.00825 e. The third-order valence-electron chi connectivity index (χ3n) is 2.17. The molecule has 0 spiro atoms. The Morgan fingerprint density at radius 1 is 1.27 bits per heavy atom. The molecule has 2 N–H and O–H groups in total. The Kier molecular flexibility index (Phi) is 2.66. The molecule has 0 saturated carbocycles. The van der Waals surface area contributed by atoms with Crippen LogP contribution in [-0.2, 0) is 0 Å². The second kappa shape index (κ2) is 3.54. The van der Waals surface area contributed by atoms with Gasteiger partial charge in [-0.2, -0.15) is 0 Å². The first kappa shape index (κ1) is 8.28. The Balaban J connectivity index is 2.82. The quantitative estimate of drug-likeness (QED) is 0.639. The molecular weight excluding hydrogens is 134 g/mol. The van der Waals surface area contributed by atoms with E-state index in [9.17, 15) is 0 Å². The molecule has 0 heterocycles. The lowest BCUT2D eigenvalue weighted by molar-refractivity contribution is 0.583. The Bertz CT molecular complexity index is 201. The number of nitrogens with two attached hydrogens (primary N) is 1. The molecule has 11 heavy (non-hydrogen) atoms. The monoisotopic (exact) mass is 149 g/mol. The first-order valence-electron chi connectivity index (χ1n) is 4.00. The second-order valence-corrected chi connectivity index (χ2v) is 2.96. The van der Waals surface area contributed by atoms with Crippen LogP contribution in [0.15, 0.2) is 36.5 Å². The lowest BCUT2D eigenvalue weighted by Gasteiger charge is -2.20. The second-order valence-electron chi connectivity index (χ2n) is 2.96. The molecule has 0 saturated heterocycles. The van der Waals surface area contributed by atoms with E-state index in [1.165, 1.54) is 11.1 Å². The molecule has 1 atom stereocenters. The van der Waals surface area contributed by atoms with E-state index in [2.05, 4.69) is 13.2 Å². The number of rotatable bonds is 2. The summed E-state index contributed by atoms with van der Waals surface area (Å²) in [6, 6.07) is 0.326. The minimum absolute atomic E-state index is 0.326. The summed E-state index contributed by atoms with van der Waals surface area (Å²) in [5.41, 5.74) is 8.40. The third-order valence-corrected chi connectivity index (χ3v) is 2.17. The van der Waals surface area contributed by atoms with E-state index in [0.717, 1.165) is 19.3 Å². The van der Waals surface area contributed by atoms with Crippen molar-refractivity contribution in [3.63, 3.8) is 0 Å². The summed E-state index contributed by atoms with van der Waals surface area (Å²) in [5, 5.41) is 0. The molecule has 0 amide bonds. The molecule has 0 radical (unpaired) electrons. The fourth-order valence-electron chi connectivity index (χ4n) is 1.46. The highest BCUT2D eigenvalue weighted by atomic mass is 14.6. The largest absolute Gasteiger partial charge is 0.327 e. The van der Waals surface area contributed by atoms with Crippen molar-refractivity contribution < 1.29 is 0 Å². The van der Waals surface area contributed by atoms with Gasteiger partial charge in [0.05, 0.1) is 0 Å². The zero-order valence-electron chi connectivity index (χ0n) is 6.84. The van der Waals surface area contributed by atoms with E-state index in [4.69, 9.17) is 5.73 Å². The van der Waals surface area contributed by atoms with Gasteiger partial charge in [0.1, 0.15) is 0 Å². The zero-order valence-corrected chi connectivity index (χ0v) is 6.84. The Labute approximate surface area is 68.3 Å². The zero-order chi connectivity index (χ0) is 8.27. The van der Waals surface area contributed by atoms with Crippen LogP contribution in [0.5, 0.6) is 0 Å². The SMILES string of the molecule is C=CC1=C(C=C)CC(N)CC1. The van der Waals surface area contributed by atoms with Gasteiger partial charge in [-0.15, -0.1) is 0 Å². The van der Waals surface area contributed by atoms with E-state index in [-0.39, 0.29) is 0 Å². The summed E-state index contributed by atoms with van der Waals surface area (Å²) in [6.45, 7) is 7.52.